The summed E-state index contributed by atoms with van der Waals surface area (Å²) in [6.45, 7) is -0.531. The van der Waals surface area contributed by atoms with Crippen LogP contribution in [0.3, 0.4) is 0 Å². The monoisotopic (exact) mass is 357 g/mol. The summed E-state index contributed by atoms with van der Waals surface area (Å²) >= 11 is 5.89. The van der Waals surface area contributed by atoms with E-state index in [-0.39, 0.29) is 10.6 Å². The molecule has 0 saturated heterocycles. The predicted octanol–water partition coefficient (Wildman–Crippen LogP) is 2.85. The Labute approximate surface area is 138 Å². The van der Waals surface area contributed by atoms with Gasteiger partial charge in [-0.2, -0.15) is 0 Å². The molecule has 2 rings (SSSR count). The highest BCUT2D eigenvalue weighted by atomic mass is 35.5. The van der Waals surface area contributed by atoms with Crippen LogP contribution >= 0.6 is 11.6 Å². The van der Waals surface area contributed by atoms with Crippen LogP contribution in [0.25, 0.3) is 0 Å². The fourth-order valence-electron chi connectivity index (χ4n) is 1.86. The molecule has 2 aromatic rings. The number of esters is 1. The highest BCUT2D eigenvalue weighted by Crippen LogP contribution is 2.26. The van der Waals surface area contributed by atoms with Crippen molar-refractivity contribution in [3.63, 3.8) is 0 Å². The van der Waals surface area contributed by atoms with E-state index in [1.54, 1.807) is 12.1 Å². The summed E-state index contributed by atoms with van der Waals surface area (Å²) in [5.41, 5.74) is 0.201. The van der Waals surface area contributed by atoms with Crippen molar-refractivity contribution in [2.75, 3.05) is 18.0 Å². The number of ether oxygens (including phenoxy) is 1. The number of hydrogen-bond donors (Lipinski definition) is 0. The summed E-state index contributed by atoms with van der Waals surface area (Å²) < 4.78 is 43.9. The van der Waals surface area contributed by atoms with Gasteiger partial charge < -0.3 is 4.74 Å². The van der Waals surface area contributed by atoms with Crippen molar-refractivity contribution in [3.05, 3.63) is 59.4 Å². The molecule has 0 amide bonds. The van der Waals surface area contributed by atoms with E-state index < -0.39 is 28.4 Å². The Morgan fingerprint density at radius 2 is 1.87 bits per heavy atom. The normalized spacial score (nSPS) is 11.1. The maximum Gasteiger partial charge on any atom is 0.326 e. The van der Waals surface area contributed by atoms with Gasteiger partial charge in [-0.1, -0.05) is 17.7 Å². The van der Waals surface area contributed by atoms with Gasteiger partial charge in [0.15, 0.2) is 0 Å². The van der Waals surface area contributed by atoms with Crippen molar-refractivity contribution in [1.82, 2.24) is 0 Å². The van der Waals surface area contributed by atoms with Crippen molar-refractivity contribution in [1.29, 1.82) is 0 Å². The lowest BCUT2D eigenvalue weighted by molar-refractivity contribution is -0.138. The Morgan fingerprint density at radius 3 is 2.43 bits per heavy atom. The van der Waals surface area contributed by atoms with Crippen LogP contribution in [-0.2, 0) is 19.6 Å². The van der Waals surface area contributed by atoms with Gasteiger partial charge in [-0.3, -0.25) is 9.10 Å². The summed E-state index contributed by atoms with van der Waals surface area (Å²) in [5, 5.41) is 0.312. The standard InChI is InChI=1S/C15H13ClFNO4S/c1-22-15(19)10-18(13-4-2-3-11(16)9-13)23(20,21)14-7-5-12(17)6-8-14/h2-9H,10H2,1H3. The molecular weight excluding hydrogens is 345 g/mol. The minimum atomic E-state index is -4.09. The molecule has 5 nitrogen and oxygen atoms in total. The topological polar surface area (TPSA) is 63.7 Å². The van der Waals surface area contributed by atoms with Gasteiger partial charge in [0, 0.05) is 5.02 Å². The van der Waals surface area contributed by atoms with Crippen LogP contribution in [-0.4, -0.2) is 28.0 Å². The van der Waals surface area contributed by atoms with Crippen LogP contribution in [0.5, 0.6) is 0 Å². The van der Waals surface area contributed by atoms with Gasteiger partial charge in [0.2, 0.25) is 0 Å². The van der Waals surface area contributed by atoms with E-state index in [0.717, 1.165) is 35.7 Å². The minimum Gasteiger partial charge on any atom is -0.468 e. The summed E-state index contributed by atoms with van der Waals surface area (Å²) in [6.07, 6.45) is 0. The van der Waals surface area contributed by atoms with Crippen molar-refractivity contribution < 1.29 is 22.3 Å². The molecule has 0 heterocycles. The van der Waals surface area contributed by atoms with Gasteiger partial charge in [0.25, 0.3) is 10.0 Å². The molecule has 0 radical (unpaired) electrons. The number of hydrogen-bond acceptors (Lipinski definition) is 4. The van der Waals surface area contributed by atoms with Crippen LogP contribution in [0.15, 0.2) is 53.4 Å². The first-order chi connectivity index (χ1) is 10.8. The number of methoxy groups -OCH3 is 1. The van der Waals surface area contributed by atoms with Gasteiger partial charge in [0.05, 0.1) is 17.7 Å². The van der Waals surface area contributed by atoms with Crippen molar-refractivity contribution >= 4 is 33.3 Å². The zero-order valence-electron chi connectivity index (χ0n) is 12.1. The summed E-state index contributed by atoms with van der Waals surface area (Å²) in [7, 11) is -2.93. The zero-order chi connectivity index (χ0) is 17.0. The highest BCUT2D eigenvalue weighted by molar-refractivity contribution is 7.92. The molecule has 122 valence electrons. The molecule has 0 unspecified atom stereocenters. The zero-order valence-corrected chi connectivity index (χ0v) is 13.6. The average molecular weight is 358 g/mol. The van der Waals surface area contributed by atoms with E-state index >= 15 is 0 Å². The summed E-state index contributed by atoms with van der Waals surface area (Å²) in [4.78, 5) is 11.4. The number of rotatable bonds is 5. The number of sulfonamides is 1. The Bertz CT molecular complexity index is 808. The van der Waals surface area contributed by atoms with Crippen LogP contribution < -0.4 is 4.31 Å². The third-order valence-electron chi connectivity index (χ3n) is 3.00. The predicted molar refractivity (Wildman–Crippen MR) is 84.4 cm³/mol. The van der Waals surface area contributed by atoms with E-state index in [4.69, 9.17) is 11.6 Å². The maximum absolute atomic E-state index is 13.0. The second-order valence-electron chi connectivity index (χ2n) is 4.52. The molecule has 23 heavy (non-hydrogen) atoms. The van der Waals surface area contributed by atoms with Crippen LogP contribution in [0.4, 0.5) is 10.1 Å². The molecule has 0 saturated carbocycles. The lowest BCUT2D eigenvalue weighted by Crippen LogP contribution is -2.36. The van der Waals surface area contributed by atoms with Crippen LogP contribution in [0, 0.1) is 5.82 Å². The lowest BCUT2D eigenvalue weighted by Gasteiger charge is -2.23. The Morgan fingerprint density at radius 1 is 1.22 bits per heavy atom. The number of benzene rings is 2. The fraction of sp³-hybridized carbons (Fsp3) is 0.133. The van der Waals surface area contributed by atoms with Crippen LogP contribution in [0.2, 0.25) is 5.02 Å². The van der Waals surface area contributed by atoms with Gasteiger partial charge >= 0.3 is 5.97 Å². The minimum absolute atomic E-state index is 0.150. The molecule has 0 bridgehead atoms. The molecule has 0 aliphatic heterocycles. The second-order valence-corrected chi connectivity index (χ2v) is 6.82. The van der Waals surface area contributed by atoms with Gasteiger partial charge in [0.1, 0.15) is 12.4 Å². The Balaban J connectivity index is 2.51. The SMILES string of the molecule is COC(=O)CN(c1cccc(Cl)c1)S(=O)(=O)c1ccc(F)cc1. The number of anilines is 1. The number of nitrogens with zero attached hydrogens (tertiary/aromatic N) is 1. The van der Waals surface area contributed by atoms with E-state index in [2.05, 4.69) is 4.74 Å². The van der Waals surface area contributed by atoms with E-state index in [1.165, 1.54) is 12.1 Å². The first-order valence-electron chi connectivity index (χ1n) is 6.45. The van der Waals surface area contributed by atoms with Crippen molar-refractivity contribution in [2.45, 2.75) is 4.90 Å². The molecule has 0 atom stereocenters. The lowest BCUT2D eigenvalue weighted by atomic mass is 10.3. The number of carbonyl (C=O) groups excluding carboxylic acids is 1. The molecule has 0 N–H and O–H groups in total. The van der Waals surface area contributed by atoms with E-state index in [0.29, 0.717) is 5.02 Å². The molecule has 8 heteroatoms. The molecule has 0 fully saturated rings. The van der Waals surface area contributed by atoms with E-state index in [9.17, 15) is 17.6 Å². The first kappa shape index (κ1) is 17.2. The van der Waals surface area contributed by atoms with Crippen molar-refractivity contribution in [3.8, 4) is 0 Å². The molecule has 2 aromatic carbocycles. The molecule has 0 aliphatic rings. The second kappa shape index (κ2) is 6.97. The maximum atomic E-state index is 13.0. The third kappa shape index (κ3) is 4.00. The summed E-state index contributed by atoms with van der Waals surface area (Å²) in [6, 6.07) is 10.3. The molecule has 0 spiro atoms. The van der Waals surface area contributed by atoms with Crippen LogP contribution in [0.1, 0.15) is 0 Å². The van der Waals surface area contributed by atoms with Gasteiger partial charge in [-0.25, -0.2) is 12.8 Å². The highest BCUT2D eigenvalue weighted by Gasteiger charge is 2.27. The fourth-order valence-corrected chi connectivity index (χ4v) is 3.45. The quantitative estimate of drug-likeness (QED) is 0.772. The first-order valence-corrected chi connectivity index (χ1v) is 8.27. The van der Waals surface area contributed by atoms with Gasteiger partial charge in [-0.05, 0) is 42.5 Å². The molecule has 0 aromatic heterocycles. The molecule has 0 aliphatic carbocycles. The smallest absolute Gasteiger partial charge is 0.326 e. The number of carbonyl (C=O) groups is 1. The van der Waals surface area contributed by atoms with Crippen molar-refractivity contribution in [2.24, 2.45) is 0 Å². The largest absolute Gasteiger partial charge is 0.468 e. The Hall–Kier alpha value is -2.12. The molecular formula is C15H13ClFNO4S. The third-order valence-corrected chi connectivity index (χ3v) is 5.02. The Kier molecular flexibility index (Phi) is 5.23. The van der Waals surface area contributed by atoms with E-state index in [1.807, 2.05) is 0 Å². The number of halogens is 2. The average Bonchev–Trinajstić information content (AvgIpc) is 2.52. The summed E-state index contributed by atoms with van der Waals surface area (Å²) in [5.74, 6) is -1.30. The van der Waals surface area contributed by atoms with Gasteiger partial charge in [-0.15, -0.1) is 0 Å².